The second-order valence-electron chi connectivity index (χ2n) is 6.40. The summed E-state index contributed by atoms with van der Waals surface area (Å²) in [5.41, 5.74) is 1.03. The predicted octanol–water partition coefficient (Wildman–Crippen LogP) is 3.41. The van der Waals surface area contributed by atoms with E-state index in [0.29, 0.717) is 18.9 Å². The van der Waals surface area contributed by atoms with Crippen LogP contribution in [-0.4, -0.2) is 40.4 Å². The molecule has 2 N–H and O–H groups in total. The van der Waals surface area contributed by atoms with E-state index in [1.807, 2.05) is 11.4 Å². The van der Waals surface area contributed by atoms with E-state index in [1.54, 1.807) is 39.6 Å². The van der Waals surface area contributed by atoms with Gasteiger partial charge >= 0.3 is 6.03 Å². The maximum Gasteiger partial charge on any atom is 0.320 e. The van der Waals surface area contributed by atoms with Gasteiger partial charge in [-0.15, -0.1) is 22.7 Å². The van der Waals surface area contributed by atoms with Crippen LogP contribution >= 0.6 is 22.7 Å². The Balaban J connectivity index is 1.24. The molecule has 1 fully saturated rings. The van der Waals surface area contributed by atoms with Crippen molar-refractivity contribution in [2.75, 3.05) is 29.9 Å². The van der Waals surface area contributed by atoms with E-state index in [4.69, 9.17) is 0 Å². The Morgan fingerprint density at radius 3 is 2.93 bits per heavy atom. The fraction of sp³-hybridized carbons (Fsp3) is 0.389. The SMILES string of the molecule is O=C(NCCc1csc(N2CCCC2)n1)Nc1ccnn1Cc1cccs1. The molecule has 2 amide bonds. The number of carbonyl (C=O) groups is 1. The summed E-state index contributed by atoms with van der Waals surface area (Å²) in [5.74, 6) is 0.686. The van der Waals surface area contributed by atoms with E-state index in [1.165, 1.54) is 17.7 Å². The first-order valence-corrected chi connectivity index (χ1v) is 10.8. The monoisotopic (exact) mass is 402 g/mol. The molecule has 1 saturated heterocycles. The van der Waals surface area contributed by atoms with Gasteiger partial charge in [0.2, 0.25) is 0 Å². The molecule has 0 aliphatic carbocycles. The molecule has 0 atom stereocenters. The lowest BCUT2D eigenvalue weighted by Crippen LogP contribution is -2.31. The van der Waals surface area contributed by atoms with Crippen LogP contribution in [0.25, 0.3) is 0 Å². The highest BCUT2D eigenvalue weighted by Crippen LogP contribution is 2.24. The maximum absolute atomic E-state index is 12.2. The number of hydrogen-bond acceptors (Lipinski definition) is 6. The van der Waals surface area contributed by atoms with Gasteiger partial charge in [-0.25, -0.2) is 14.5 Å². The number of rotatable bonds is 7. The second kappa shape index (κ2) is 8.53. The van der Waals surface area contributed by atoms with E-state index < -0.39 is 0 Å². The quantitative estimate of drug-likeness (QED) is 0.635. The largest absolute Gasteiger partial charge is 0.348 e. The van der Waals surface area contributed by atoms with Crippen LogP contribution in [-0.2, 0) is 13.0 Å². The number of anilines is 2. The molecule has 0 saturated carbocycles. The van der Waals surface area contributed by atoms with Crippen molar-refractivity contribution in [3.63, 3.8) is 0 Å². The minimum absolute atomic E-state index is 0.224. The zero-order chi connectivity index (χ0) is 18.5. The van der Waals surface area contributed by atoms with Gasteiger partial charge in [-0.3, -0.25) is 5.32 Å². The summed E-state index contributed by atoms with van der Waals surface area (Å²) in [7, 11) is 0. The van der Waals surface area contributed by atoms with E-state index >= 15 is 0 Å². The molecule has 3 aromatic heterocycles. The normalized spacial score (nSPS) is 13.9. The number of thiazole rings is 1. The van der Waals surface area contributed by atoms with E-state index in [9.17, 15) is 4.79 Å². The van der Waals surface area contributed by atoms with Crippen LogP contribution < -0.4 is 15.5 Å². The van der Waals surface area contributed by atoms with Crippen LogP contribution in [0.4, 0.5) is 15.7 Å². The molecule has 1 aliphatic rings. The highest BCUT2D eigenvalue weighted by Gasteiger charge is 2.15. The number of aromatic nitrogens is 3. The zero-order valence-corrected chi connectivity index (χ0v) is 16.6. The van der Waals surface area contributed by atoms with Gasteiger partial charge < -0.3 is 10.2 Å². The Bertz CT molecular complexity index is 866. The van der Waals surface area contributed by atoms with Crippen molar-refractivity contribution < 1.29 is 4.79 Å². The summed E-state index contributed by atoms with van der Waals surface area (Å²) >= 11 is 3.36. The van der Waals surface area contributed by atoms with Gasteiger partial charge in [0.05, 0.1) is 18.4 Å². The van der Waals surface area contributed by atoms with Crippen molar-refractivity contribution in [3.8, 4) is 0 Å². The molecule has 9 heteroatoms. The van der Waals surface area contributed by atoms with Gasteiger partial charge in [-0.05, 0) is 24.3 Å². The molecule has 0 unspecified atom stereocenters. The number of carbonyl (C=O) groups excluding carboxylic acids is 1. The third kappa shape index (κ3) is 4.67. The number of urea groups is 1. The lowest BCUT2D eigenvalue weighted by Gasteiger charge is -2.12. The van der Waals surface area contributed by atoms with E-state index in [-0.39, 0.29) is 6.03 Å². The second-order valence-corrected chi connectivity index (χ2v) is 8.27. The lowest BCUT2D eigenvalue weighted by molar-refractivity contribution is 0.252. The summed E-state index contributed by atoms with van der Waals surface area (Å²) in [5, 5.41) is 15.3. The number of nitrogens with zero attached hydrogens (tertiary/aromatic N) is 4. The van der Waals surface area contributed by atoms with E-state index in [0.717, 1.165) is 30.3 Å². The summed E-state index contributed by atoms with van der Waals surface area (Å²) in [6, 6.07) is 5.64. The van der Waals surface area contributed by atoms with Crippen molar-refractivity contribution in [1.82, 2.24) is 20.1 Å². The Morgan fingerprint density at radius 2 is 2.11 bits per heavy atom. The lowest BCUT2D eigenvalue weighted by atomic mass is 10.3. The zero-order valence-electron chi connectivity index (χ0n) is 14.9. The van der Waals surface area contributed by atoms with Crippen LogP contribution in [0.15, 0.2) is 35.2 Å². The molecule has 142 valence electrons. The molecule has 1 aliphatic heterocycles. The Kier molecular flexibility index (Phi) is 5.69. The van der Waals surface area contributed by atoms with Crippen molar-refractivity contribution in [2.24, 2.45) is 0 Å². The Morgan fingerprint density at radius 1 is 1.22 bits per heavy atom. The summed E-state index contributed by atoms with van der Waals surface area (Å²) < 4.78 is 1.79. The summed E-state index contributed by atoms with van der Waals surface area (Å²) in [6.07, 6.45) is 4.92. The third-order valence-corrected chi connectivity index (χ3v) is 6.24. The molecule has 0 radical (unpaired) electrons. The standard InChI is InChI=1S/C18H22N6OS2/c25-17(22-16-6-8-20-24(16)12-15-4-3-11-26-15)19-7-5-14-13-27-18(21-14)23-9-1-2-10-23/h3-4,6,8,11,13H,1-2,5,7,9-10,12H2,(H2,19,22,25). The number of thiophene rings is 1. The van der Waals surface area contributed by atoms with Crippen LogP contribution in [0.1, 0.15) is 23.4 Å². The Labute approximate surface area is 166 Å². The van der Waals surface area contributed by atoms with Crippen LogP contribution in [0.3, 0.4) is 0 Å². The van der Waals surface area contributed by atoms with Crippen LogP contribution in [0, 0.1) is 0 Å². The van der Waals surface area contributed by atoms with Gasteiger partial charge in [-0.1, -0.05) is 6.07 Å². The third-order valence-electron chi connectivity index (χ3n) is 4.43. The molecule has 4 heterocycles. The first-order valence-electron chi connectivity index (χ1n) is 9.06. The van der Waals surface area contributed by atoms with Gasteiger partial charge in [0.15, 0.2) is 5.13 Å². The number of amides is 2. The average Bonchev–Trinajstić information content (AvgIpc) is 3.45. The van der Waals surface area contributed by atoms with Crippen LogP contribution in [0.5, 0.6) is 0 Å². The van der Waals surface area contributed by atoms with Gasteiger partial charge in [0, 0.05) is 42.4 Å². The summed E-state index contributed by atoms with van der Waals surface area (Å²) in [6.45, 7) is 3.41. The van der Waals surface area contributed by atoms with Crippen molar-refractivity contribution in [1.29, 1.82) is 0 Å². The van der Waals surface area contributed by atoms with Gasteiger partial charge in [0.25, 0.3) is 0 Å². The Hall–Kier alpha value is -2.39. The molecule has 27 heavy (non-hydrogen) atoms. The maximum atomic E-state index is 12.2. The first-order chi connectivity index (χ1) is 13.3. The van der Waals surface area contributed by atoms with Gasteiger partial charge in [0.1, 0.15) is 5.82 Å². The van der Waals surface area contributed by atoms with E-state index in [2.05, 4.69) is 37.1 Å². The topological polar surface area (TPSA) is 75.1 Å². The highest BCUT2D eigenvalue weighted by molar-refractivity contribution is 7.13. The molecular formula is C18H22N6OS2. The average molecular weight is 403 g/mol. The number of hydrogen-bond donors (Lipinski definition) is 2. The highest BCUT2D eigenvalue weighted by atomic mass is 32.1. The fourth-order valence-corrected chi connectivity index (χ4v) is 4.64. The molecule has 0 bridgehead atoms. The first kappa shape index (κ1) is 18.0. The smallest absolute Gasteiger partial charge is 0.320 e. The molecular weight excluding hydrogens is 380 g/mol. The molecule has 7 nitrogen and oxygen atoms in total. The minimum Gasteiger partial charge on any atom is -0.348 e. The van der Waals surface area contributed by atoms with Gasteiger partial charge in [-0.2, -0.15) is 5.10 Å². The van der Waals surface area contributed by atoms with Crippen molar-refractivity contribution in [2.45, 2.75) is 25.8 Å². The molecule has 0 aromatic carbocycles. The van der Waals surface area contributed by atoms with Crippen molar-refractivity contribution >= 4 is 39.7 Å². The fourth-order valence-electron chi connectivity index (χ4n) is 3.04. The van der Waals surface area contributed by atoms with Crippen molar-refractivity contribution in [3.05, 3.63) is 45.7 Å². The molecule has 0 spiro atoms. The van der Waals surface area contributed by atoms with Crippen LogP contribution in [0.2, 0.25) is 0 Å². The predicted molar refractivity (Wildman–Crippen MR) is 110 cm³/mol. The number of nitrogens with one attached hydrogen (secondary N) is 2. The molecule has 4 rings (SSSR count). The molecule has 3 aromatic rings. The summed E-state index contributed by atoms with van der Waals surface area (Å²) in [4.78, 5) is 20.4. The minimum atomic E-state index is -0.224.